The summed E-state index contributed by atoms with van der Waals surface area (Å²) in [5.41, 5.74) is 0.779. The molecule has 144 valence electrons. The number of carbonyl (C=O) groups excluding carboxylic acids is 2. The SMILES string of the molecule is O=C1CC(=S)NC(=O)/C1=C/c1ccc(OCCCC2CCCCC2)c(Cl)c1. The smallest absolute Gasteiger partial charge is 0.259 e. The van der Waals surface area contributed by atoms with E-state index < -0.39 is 5.91 Å². The summed E-state index contributed by atoms with van der Waals surface area (Å²) in [4.78, 5) is 24.2. The van der Waals surface area contributed by atoms with E-state index in [1.165, 1.54) is 44.6 Å². The molecule has 2 fully saturated rings. The molecule has 1 heterocycles. The largest absolute Gasteiger partial charge is 0.492 e. The number of amides is 1. The lowest BCUT2D eigenvalue weighted by Gasteiger charge is -2.21. The Bertz CT molecular complexity index is 747. The van der Waals surface area contributed by atoms with Crippen LogP contribution in [0.2, 0.25) is 5.02 Å². The van der Waals surface area contributed by atoms with Gasteiger partial charge in [-0.15, -0.1) is 0 Å². The fourth-order valence-electron chi connectivity index (χ4n) is 3.67. The van der Waals surface area contributed by atoms with Crippen molar-refractivity contribution in [3.8, 4) is 5.75 Å². The van der Waals surface area contributed by atoms with Crippen LogP contribution in [-0.2, 0) is 9.59 Å². The molecule has 0 bridgehead atoms. The quantitative estimate of drug-likeness (QED) is 0.317. The number of nitrogens with one attached hydrogen (secondary N) is 1. The third-order valence-corrected chi connectivity index (χ3v) is 5.67. The van der Waals surface area contributed by atoms with Gasteiger partial charge >= 0.3 is 0 Å². The summed E-state index contributed by atoms with van der Waals surface area (Å²) in [5, 5.41) is 2.99. The molecule has 2 aliphatic rings. The van der Waals surface area contributed by atoms with E-state index >= 15 is 0 Å². The zero-order valence-corrected chi connectivity index (χ0v) is 16.8. The summed E-state index contributed by atoms with van der Waals surface area (Å²) in [5.74, 6) is 0.736. The maximum Gasteiger partial charge on any atom is 0.259 e. The van der Waals surface area contributed by atoms with Gasteiger partial charge in [0.15, 0.2) is 5.78 Å². The van der Waals surface area contributed by atoms with Crippen molar-refractivity contribution in [2.45, 2.75) is 51.4 Å². The Labute approximate surface area is 170 Å². The van der Waals surface area contributed by atoms with Crippen molar-refractivity contribution in [3.63, 3.8) is 0 Å². The highest BCUT2D eigenvalue weighted by Gasteiger charge is 2.26. The van der Waals surface area contributed by atoms with Crippen LogP contribution in [0.15, 0.2) is 23.8 Å². The monoisotopic (exact) mass is 405 g/mol. The molecule has 1 N–H and O–H groups in total. The number of carbonyl (C=O) groups is 2. The fourth-order valence-corrected chi connectivity index (χ4v) is 4.14. The molecule has 1 saturated carbocycles. The fraction of sp³-hybridized carbons (Fsp3) is 0.476. The number of rotatable bonds is 6. The topological polar surface area (TPSA) is 55.4 Å². The highest BCUT2D eigenvalue weighted by atomic mass is 35.5. The van der Waals surface area contributed by atoms with Crippen molar-refractivity contribution in [1.82, 2.24) is 5.32 Å². The number of hydrogen-bond donors (Lipinski definition) is 1. The number of Topliss-reactive ketones (excluding diaryl/α,β-unsaturated/α-hetero) is 1. The van der Waals surface area contributed by atoms with Crippen LogP contribution in [-0.4, -0.2) is 23.3 Å². The van der Waals surface area contributed by atoms with Gasteiger partial charge in [0.1, 0.15) is 5.75 Å². The van der Waals surface area contributed by atoms with E-state index in [1.807, 2.05) is 0 Å². The van der Waals surface area contributed by atoms with Crippen LogP contribution in [0.3, 0.4) is 0 Å². The Morgan fingerprint density at radius 2 is 2.00 bits per heavy atom. The molecule has 6 heteroatoms. The average Bonchev–Trinajstić information content (AvgIpc) is 2.64. The van der Waals surface area contributed by atoms with E-state index in [2.05, 4.69) is 5.32 Å². The van der Waals surface area contributed by atoms with Gasteiger partial charge in [0.2, 0.25) is 0 Å². The van der Waals surface area contributed by atoms with E-state index in [1.54, 1.807) is 18.2 Å². The summed E-state index contributed by atoms with van der Waals surface area (Å²) in [7, 11) is 0. The van der Waals surface area contributed by atoms with Crippen LogP contribution >= 0.6 is 23.8 Å². The summed E-state index contributed by atoms with van der Waals surface area (Å²) < 4.78 is 5.81. The van der Waals surface area contributed by atoms with Crippen molar-refractivity contribution >= 4 is 46.6 Å². The molecule has 1 aliphatic carbocycles. The maximum atomic E-state index is 12.0. The molecular weight excluding hydrogens is 382 g/mol. The standard InChI is InChI=1S/C21H24ClNO3S/c22-17-12-15(11-16-18(24)13-20(27)23-21(16)25)8-9-19(17)26-10-4-7-14-5-2-1-3-6-14/h8-9,11-12,14H,1-7,10,13H2,(H,23,25,27)/b16-11+. The van der Waals surface area contributed by atoms with E-state index in [-0.39, 0.29) is 22.8 Å². The predicted molar refractivity (Wildman–Crippen MR) is 111 cm³/mol. The second-order valence-electron chi connectivity index (χ2n) is 7.22. The van der Waals surface area contributed by atoms with Crippen molar-refractivity contribution in [1.29, 1.82) is 0 Å². The highest BCUT2D eigenvalue weighted by molar-refractivity contribution is 7.80. The third-order valence-electron chi connectivity index (χ3n) is 5.13. The Balaban J connectivity index is 1.55. The molecule has 0 atom stereocenters. The van der Waals surface area contributed by atoms with Crippen LogP contribution in [0, 0.1) is 5.92 Å². The van der Waals surface area contributed by atoms with Gasteiger partial charge in [-0.1, -0.05) is 62.0 Å². The molecule has 0 unspecified atom stereocenters. The maximum absolute atomic E-state index is 12.0. The number of hydrogen-bond acceptors (Lipinski definition) is 4. The van der Waals surface area contributed by atoms with Gasteiger partial charge in [-0.05, 0) is 42.5 Å². The molecule has 3 rings (SSSR count). The molecule has 0 spiro atoms. The zero-order chi connectivity index (χ0) is 19.2. The minimum Gasteiger partial charge on any atom is -0.492 e. The molecular formula is C21H24ClNO3S. The molecule has 4 nitrogen and oxygen atoms in total. The van der Waals surface area contributed by atoms with Crippen LogP contribution in [0.5, 0.6) is 5.75 Å². The summed E-state index contributed by atoms with van der Waals surface area (Å²) in [6.07, 6.45) is 10.6. The van der Waals surface area contributed by atoms with Gasteiger partial charge in [0.05, 0.1) is 28.6 Å². The Hall–Kier alpha value is -1.72. The summed E-state index contributed by atoms with van der Waals surface area (Å²) in [6, 6.07) is 5.28. The van der Waals surface area contributed by atoms with E-state index in [4.69, 9.17) is 28.6 Å². The molecule has 1 saturated heterocycles. The van der Waals surface area contributed by atoms with E-state index in [0.29, 0.717) is 22.9 Å². The molecule has 0 radical (unpaired) electrons. The lowest BCUT2D eigenvalue weighted by atomic mass is 9.86. The summed E-state index contributed by atoms with van der Waals surface area (Å²) >= 11 is 11.2. The Morgan fingerprint density at radius 1 is 1.22 bits per heavy atom. The normalized spacial score (nSPS) is 20.0. The summed E-state index contributed by atoms with van der Waals surface area (Å²) in [6.45, 7) is 0.648. The van der Waals surface area contributed by atoms with Gasteiger partial charge in [-0.25, -0.2) is 0 Å². The zero-order valence-electron chi connectivity index (χ0n) is 15.3. The first-order chi connectivity index (χ1) is 13.0. The van der Waals surface area contributed by atoms with Crippen molar-refractivity contribution < 1.29 is 14.3 Å². The minimum absolute atomic E-state index is 0.0584. The number of ether oxygens (including phenoxy) is 1. The third kappa shape index (κ3) is 5.63. The van der Waals surface area contributed by atoms with Gasteiger partial charge in [-0.3, -0.25) is 9.59 Å². The first kappa shape index (κ1) is 20.0. The first-order valence-corrected chi connectivity index (χ1v) is 10.3. The average molecular weight is 406 g/mol. The molecule has 1 aliphatic heterocycles. The lowest BCUT2D eigenvalue weighted by molar-refractivity contribution is -0.122. The molecule has 0 aromatic heterocycles. The van der Waals surface area contributed by atoms with Gasteiger partial charge in [0, 0.05) is 0 Å². The minimum atomic E-state index is -0.463. The van der Waals surface area contributed by atoms with Crippen LogP contribution in [0.25, 0.3) is 6.08 Å². The van der Waals surface area contributed by atoms with E-state index in [9.17, 15) is 9.59 Å². The molecule has 27 heavy (non-hydrogen) atoms. The first-order valence-electron chi connectivity index (χ1n) is 9.54. The number of piperidine rings is 1. The molecule has 1 amide bonds. The predicted octanol–water partition coefficient (Wildman–Crippen LogP) is 4.88. The van der Waals surface area contributed by atoms with Crippen LogP contribution in [0.4, 0.5) is 0 Å². The highest BCUT2D eigenvalue weighted by Crippen LogP contribution is 2.29. The van der Waals surface area contributed by atoms with Crippen molar-refractivity contribution in [2.75, 3.05) is 6.61 Å². The van der Waals surface area contributed by atoms with Crippen molar-refractivity contribution in [2.24, 2.45) is 5.92 Å². The number of ketones is 1. The van der Waals surface area contributed by atoms with Gasteiger partial charge in [0.25, 0.3) is 5.91 Å². The van der Waals surface area contributed by atoms with Crippen molar-refractivity contribution in [3.05, 3.63) is 34.4 Å². The Kier molecular flexibility index (Phi) is 7.02. The van der Waals surface area contributed by atoms with Crippen LogP contribution < -0.4 is 10.1 Å². The van der Waals surface area contributed by atoms with Crippen LogP contribution in [0.1, 0.15) is 56.9 Å². The Morgan fingerprint density at radius 3 is 2.70 bits per heavy atom. The lowest BCUT2D eigenvalue weighted by Crippen LogP contribution is -2.39. The van der Waals surface area contributed by atoms with Gasteiger partial charge in [-0.2, -0.15) is 0 Å². The number of halogens is 1. The van der Waals surface area contributed by atoms with E-state index in [0.717, 1.165) is 12.3 Å². The number of thiocarbonyl (C=S) groups is 1. The second-order valence-corrected chi connectivity index (χ2v) is 8.12. The van der Waals surface area contributed by atoms with Gasteiger partial charge < -0.3 is 10.1 Å². The number of benzene rings is 1. The second kappa shape index (κ2) is 9.47. The molecule has 1 aromatic rings. The molecule has 1 aromatic carbocycles.